The van der Waals surface area contributed by atoms with E-state index in [-0.39, 0.29) is 6.04 Å². The van der Waals surface area contributed by atoms with Gasteiger partial charge in [-0.3, -0.25) is 0 Å². The normalized spacial score (nSPS) is 12.5. The van der Waals surface area contributed by atoms with Crippen LogP contribution >= 0.6 is 0 Å². The van der Waals surface area contributed by atoms with Crippen molar-refractivity contribution >= 4 is 0 Å². The van der Waals surface area contributed by atoms with Crippen LogP contribution in [0.2, 0.25) is 0 Å². The van der Waals surface area contributed by atoms with Gasteiger partial charge in [-0.15, -0.1) is 0 Å². The fourth-order valence-corrected chi connectivity index (χ4v) is 1.70. The highest BCUT2D eigenvalue weighted by Crippen LogP contribution is 2.29. The lowest BCUT2D eigenvalue weighted by molar-refractivity contribution is 0.416. The molecule has 2 aromatic rings. The van der Waals surface area contributed by atoms with Gasteiger partial charge in [-0.05, 0) is 31.5 Å². The van der Waals surface area contributed by atoms with Gasteiger partial charge in [0.1, 0.15) is 11.6 Å². The minimum atomic E-state index is -0.0484. The summed E-state index contributed by atoms with van der Waals surface area (Å²) in [5.41, 5.74) is 8.82. The van der Waals surface area contributed by atoms with Gasteiger partial charge in [-0.1, -0.05) is 6.07 Å². The van der Waals surface area contributed by atoms with Crippen molar-refractivity contribution in [2.45, 2.75) is 19.9 Å². The summed E-state index contributed by atoms with van der Waals surface area (Å²) in [5, 5.41) is 0. The van der Waals surface area contributed by atoms with Gasteiger partial charge in [-0.25, -0.2) is 4.98 Å². The van der Waals surface area contributed by atoms with E-state index in [1.165, 1.54) is 0 Å². The maximum atomic E-state index is 5.80. The molecule has 0 fully saturated rings. The van der Waals surface area contributed by atoms with Gasteiger partial charge in [0, 0.05) is 6.04 Å². The molecule has 4 heteroatoms. The van der Waals surface area contributed by atoms with Gasteiger partial charge in [0.25, 0.3) is 0 Å². The zero-order chi connectivity index (χ0) is 12.4. The van der Waals surface area contributed by atoms with Gasteiger partial charge in [0.05, 0.1) is 24.6 Å². The Morgan fingerprint density at radius 1 is 1.41 bits per heavy atom. The molecule has 0 spiro atoms. The maximum Gasteiger partial charge on any atom is 0.141 e. The predicted molar refractivity (Wildman–Crippen MR) is 67.9 cm³/mol. The Bertz CT molecular complexity index is 517. The highest BCUT2D eigenvalue weighted by Gasteiger charge is 2.11. The van der Waals surface area contributed by atoms with E-state index in [4.69, 9.17) is 10.5 Å². The number of methoxy groups -OCH3 is 1. The number of imidazole rings is 1. The number of aromatic amines is 1. The lowest BCUT2D eigenvalue weighted by Crippen LogP contribution is -2.04. The van der Waals surface area contributed by atoms with Crippen LogP contribution in [0.25, 0.3) is 11.4 Å². The number of hydrogen-bond donors (Lipinski definition) is 2. The Kier molecular flexibility index (Phi) is 3.15. The second-order valence-electron chi connectivity index (χ2n) is 4.18. The first-order chi connectivity index (χ1) is 8.11. The molecule has 0 saturated heterocycles. The minimum Gasteiger partial charge on any atom is -0.496 e. The third kappa shape index (κ3) is 2.31. The van der Waals surface area contributed by atoms with E-state index in [9.17, 15) is 0 Å². The summed E-state index contributed by atoms with van der Waals surface area (Å²) in [6, 6.07) is 5.97. The number of aryl methyl sites for hydroxylation is 1. The fourth-order valence-electron chi connectivity index (χ4n) is 1.70. The fraction of sp³-hybridized carbons (Fsp3) is 0.308. The number of rotatable bonds is 3. The van der Waals surface area contributed by atoms with Crippen molar-refractivity contribution in [1.82, 2.24) is 9.97 Å². The minimum absolute atomic E-state index is 0.0484. The van der Waals surface area contributed by atoms with Crippen LogP contribution in [0.5, 0.6) is 5.75 Å². The van der Waals surface area contributed by atoms with Crippen molar-refractivity contribution in [1.29, 1.82) is 0 Å². The molecule has 0 bridgehead atoms. The maximum absolute atomic E-state index is 5.80. The summed E-state index contributed by atoms with van der Waals surface area (Å²) >= 11 is 0. The summed E-state index contributed by atoms with van der Waals surface area (Å²) in [6.07, 6.45) is 1.76. The zero-order valence-electron chi connectivity index (χ0n) is 10.3. The molecule has 90 valence electrons. The summed E-state index contributed by atoms with van der Waals surface area (Å²) in [5.74, 6) is 1.60. The summed E-state index contributed by atoms with van der Waals surface area (Å²) in [6.45, 7) is 3.95. The van der Waals surface area contributed by atoms with Crippen LogP contribution in [-0.4, -0.2) is 17.1 Å². The lowest BCUT2D eigenvalue weighted by Gasteiger charge is -2.07. The Hall–Kier alpha value is -1.81. The molecule has 0 aliphatic carbocycles. The molecule has 3 N–H and O–H groups in total. The Morgan fingerprint density at radius 2 is 2.18 bits per heavy atom. The monoisotopic (exact) mass is 231 g/mol. The molecule has 1 heterocycles. The number of hydrogen-bond acceptors (Lipinski definition) is 3. The van der Waals surface area contributed by atoms with E-state index in [1.54, 1.807) is 13.3 Å². The van der Waals surface area contributed by atoms with Gasteiger partial charge in [0.2, 0.25) is 0 Å². The third-order valence-electron chi connectivity index (χ3n) is 2.70. The Morgan fingerprint density at radius 3 is 2.76 bits per heavy atom. The smallest absolute Gasteiger partial charge is 0.141 e. The van der Waals surface area contributed by atoms with Crippen molar-refractivity contribution in [2.24, 2.45) is 5.73 Å². The molecule has 1 atom stereocenters. The van der Waals surface area contributed by atoms with Crippen LogP contribution < -0.4 is 10.5 Å². The van der Waals surface area contributed by atoms with Crippen molar-refractivity contribution < 1.29 is 4.74 Å². The van der Waals surface area contributed by atoms with Crippen LogP contribution in [0, 0.1) is 6.92 Å². The van der Waals surface area contributed by atoms with Crippen molar-refractivity contribution in [3.05, 3.63) is 35.7 Å². The van der Waals surface area contributed by atoms with Crippen molar-refractivity contribution in [2.75, 3.05) is 7.11 Å². The highest BCUT2D eigenvalue weighted by molar-refractivity contribution is 5.65. The molecule has 1 aromatic heterocycles. The number of ether oxygens (including phenoxy) is 1. The van der Waals surface area contributed by atoms with Crippen LogP contribution in [0.4, 0.5) is 0 Å². The first-order valence-electron chi connectivity index (χ1n) is 5.57. The number of nitrogens with one attached hydrogen (secondary N) is 1. The number of nitrogens with zero attached hydrogens (tertiary/aromatic N) is 1. The Balaban J connectivity index is 2.44. The molecule has 1 aromatic carbocycles. The van der Waals surface area contributed by atoms with Gasteiger partial charge in [0.15, 0.2) is 0 Å². The largest absolute Gasteiger partial charge is 0.496 e. The van der Waals surface area contributed by atoms with Crippen molar-refractivity contribution in [3.63, 3.8) is 0 Å². The van der Waals surface area contributed by atoms with Gasteiger partial charge < -0.3 is 15.5 Å². The first kappa shape index (κ1) is 11.7. The van der Waals surface area contributed by atoms with Gasteiger partial charge in [-0.2, -0.15) is 0 Å². The van der Waals surface area contributed by atoms with Crippen molar-refractivity contribution in [3.8, 4) is 17.1 Å². The van der Waals surface area contributed by atoms with E-state index in [0.717, 1.165) is 28.4 Å². The summed E-state index contributed by atoms with van der Waals surface area (Å²) in [7, 11) is 1.66. The molecule has 1 unspecified atom stereocenters. The molecule has 0 amide bonds. The number of nitrogens with two attached hydrogens (primary N) is 1. The van der Waals surface area contributed by atoms with E-state index in [0.29, 0.717) is 0 Å². The molecule has 4 nitrogen and oxygen atoms in total. The lowest BCUT2D eigenvalue weighted by atomic mass is 10.1. The average molecular weight is 231 g/mol. The molecule has 17 heavy (non-hydrogen) atoms. The highest BCUT2D eigenvalue weighted by atomic mass is 16.5. The summed E-state index contributed by atoms with van der Waals surface area (Å²) < 4.78 is 5.36. The van der Waals surface area contributed by atoms with Crippen LogP contribution in [0.1, 0.15) is 24.2 Å². The molecule has 0 radical (unpaired) electrons. The van der Waals surface area contributed by atoms with E-state index in [2.05, 4.69) is 9.97 Å². The van der Waals surface area contributed by atoms with E-state index < -0.39 is 0 Å². The number of benzene rings is 1. The third-order valence-corrected chi connectivity index (χ3v) is 2.70. The molecular weight excluding hydrogens is 214 g/mol. The quantitative estimate of drug-likeness (QED) is 0.852. The summed E-state index contributed by atoms with van der Waals surface area (Å²) in [4.78, 5) is 7.54. The molecule has 0 aliphatic rings. The SMILES string of the molecule is COc1cc(C)ccc1-c1ncc(C(C)N)[nH]1. The topological polar surface area (TPSA) is 63.9 Å². The van der Waals surface area contributed by atoms with Gasteiger partial charge >= 0.3 is 0 Å². The molecule has 0 aliphatic heterocycles. The second-order valence-corrected chi connectivity index (χ2v) is 4.18. The Labute approximate surface area is 101 Å². The first-order valence-corrected chi connectivity index (χ1v) is 5.57. The number of H-pyrrole nitrogens is 1. The van der Waals surface area contributed by atoms with Crippen LogP contribution in [0.3, 0.4) is 0 Å². The van der Waals surface area contributed by atoms with E-state index >= 15 is 0 Å². The average Bonchev–Trinajstić information content (AvgIpc) is 2.78. The molecule has 0 saturated carbocycles. The molecule has 2 rings (SSSR count). The molecular formula is C13H17N3O. The predicted octanol–water partition coefficient (Wildman–Crippen LogP) is 2.41. The van der Waals surface area contributed by atoms with Crippen LogP contribution in [0.15, 0.2) is 24.4 Å². The van der Waals surface area contributed by atoms with Crippen LogP contribution in [-0.2, 0) is 0 Å². The second kappa shape index (κ2) is 4.59. The van der Waals surface area contributed by atoms with E-state index in [1.807, 2.05) is 32.0 Å². The number of aromatic nitrogens is 2. The standard InChI is InChI=1S/C13H17N3O/c1-8-4-5-10(12(6-8)17-3)13-15-7-11(16-13)9(2)14/h4-7,9H,14H2,1-3H3,(H,15,16). The zero-order valence-corrected chi connectivity index (χ0v) is 10.3.